The fourth-order valence-electron chi connectivity index (χ4n) is 2.20. The average Bonchev–Trinajstić information content (AvgIpc) is 2.31. The number of carbonyl (C=O) groups is 2. The van der Waals surface area contributed by atoms with Crippen molar-refractivity contribution >= 4 is 11.9 Å². The van der Waals surface area contributed by atoms with E-state index in [0.717, 1.165) is 38.5 Å². The molecule has 1 unspecified atom stereocenters. The van der Waals surface area contributed by atoms with Gasteiger partial charge in [0.1, 0.15) is 5.92 Å². The van der Waals surface area contributed by atoms with Crippen LogP contribution in [0, 0.1) is 11.8 Å². The lowest BCUT2D eigenvalue weighted by atomic mass is 9.86. The Balaban J connectivity index is 2.65. The summed E-state index contributed by atoms with van der Waals surface area (Å²) in [7, 11) is 0. The van der Waals surface area contributed by atoms with E-state index in [1.807, 2.05) is 0 Å². The molecule has 1 rings (SSSR count). The molecule has 1 fully saturated rings. The molecule has 1 aliphatic carbocycles. The highest BCUT2D eigenvalue weighted by molar-refractivity contribution is 5.96. The second kappa shape index (κ2) is 4.98. The molecule has 0 radical (unpaired) electrons. The minimum Gasteiger partial charge on any atom is -0.481 e. The van der Waals surface area contributed by atoms with Crippen molar-refractivity contribution in [1.29, 1.82) is 0 Å². The summed E-state index contributed by atoms with van der Waals surface area (Å²) in [5.41, 5.74) is 5.10. The predicted octanol–water partition coefficient (Wildman–Crippen LogP) is 1.14. The largest absolute Gasteiger partial charge is 0.481 e. The molecule has 14 heavy (non-hydrogen) atoms. The van der Waals surface area contributed by atoms with E-state index in [9.17, 15) is 9.59 Å². The first kappa shape index (κ1) is 11.0. The molecule has 3 N–H and O–H groups in total. The van der Waals surface area contributed by atoms with E-state index in [2.05, 4.69) is 0 Å². The monoisotopic (exact) mass is 199 g/mol. The van der Waals surface area contributed by atoms with Crippen LogP contribution in [0.2, 0.25) is 0 Å². The number of hydrogen-bond acceptors (Lipinski definition) is 2. The van der Waals surface area contributed by atoms with Gasteiger partial charge < -0.3 is 10.8 Å². The van der Waals surface area contributed by atoms with Crippen LogP contribution in [0.4, 0.5) is 0 Å². The normalized spacial score (nSPS) is 21.1. The van der Waals surface area contributed by atoms with Crippen LogP contribution in [0.3, 0.4) is 0 Å². The smallest absolute Gasteiger partial charge is 0.316 e. The van der Waals surface area contributed by atoms with Crippen molar-refractivity contribution in [3.8, 4) is 0 Å². The Hall–Kier alpha value is -1.06. The second-order valence-electron chi connectivity index (χ2n) is 3.97. The van der Waals surface area contributed by atoms with E-state index in [1.165, 1.54) is 0 Å². The lowest BCUT2D eigenvalue weighted by Crippen LogP contribution is -2.36. The molecule has 1 amide bonds. The highest BCUT2D eigenvalue weighted by atomic mass is 16.4. The van der Waals surface area contributed by atoms with Crippen LogP contribution in [0.25, 0.3) is 0 Å². The summed E-state index contributed by atoms with van der Waals surface area (Å²) in [5, 5.41) is 8.89. The zero-order valence-electron chi connectivity index (χ0n) is 8.24. The van der Waals surface area contributed by atoms with Gasteiger partial charge in [-0.15, -0.1) is 0 Å². The average molecular weight is 199 g/mol. The van der Waals surface area contributed by atoms with Crippen molar-refractivity contribution in [3.63, 3.8) is 0 Å². The fourth-order valence-corrected chi connectivity index (χ4v) is 2.20. The summed E-state index contributed by atoms with van der Waals surface area (Å²) in [4.78, 5) is 21.8. The maximum absolute atomic E-state index is 11.0. The number of amides is 1. The molecule has 0 aromatic heterocycles. The number of hydrogen-bond donors (Lipinski definition) is 2. The van der Waals surface area contributed by atoms with Gasteiger partial charge in [0.2, 0.25) is 5.91 Å². The molecule has 1 atom stereocenters. The van der Waals surface area contributed by atoms with Gasteiger partial charge in [-0.25, -0.2) is 0 Å². The van der Waals surface area contributed by atoms with E-state index in [0.29, 0.717) is 0 Å². The third-order valence-electron chi connectivity index (χ3n) is 2.94. The molecule has 4 heteroatoms. The molecule has 80 valence electrons. The molecule has 0 bridgehead atoms. The van der Waals surface area contributed by atoms with Gasteiger partial charge >= 0.3 is 5.97 Å². The molecule has 0 aromatic rings. The van der Waals surface area contributed by atoms with Crippen LogP contribution in [0.5, 0.6) is 0 Å². The van der Waals surface area contributed by atoms with Gasteiger partial charge in [-0.3, -0.25) is 9.59 Å². The Morgan fingerprint density at radius 2 is 1.64 bits per heavy atom. The van der Waals surface area contributed by atoms with E-state index in [4.69, 9.17) is 10.8 Å². The van der Waals surface area contributed by atoms with Crippen LogP contribution in [0.1, 0.15) is 38.5 Å². The SMILES string of the molecule is NC(=O)C(C(=O)O)C1CCCCCC1. The van der Waals surface area contributed by atoms with Crippen molar-refractivity contribution < 1.29 is 14.7 Å². The van der Waals surface area contributed by atoms with Crippen LogP contribution in [-0.2, 0) is 9.59 Å². The standard InChI is InChI=1S/C10H17NO3/c11-9(12)8(10(13)14)7-5-3-1-2-4-6-7/h7-8H,1-6H2,(H2,11,12)(H,13,14). The molecule has 0 aliphatic heterocycles. The van der Waals surface area contributed by atoms with Crippen molar-refractivity contribution in [2.24, 2.45) is 17.6 Å². The summed E-state index contributed by atoms with van der Waals surface area (Å²) in [5.74, 6) is -2.78. The molecule has 0 spiro atoms. The first-order valence-electron chi connectivity index (χ1n) is 5.15. The maximum atomic E-state index is 11.0. The number of rotatable bonds is 3. The quantitative estimate of drug-likeness (QED) is 0.528. The highest BCUT2D eigenvalue weighted by Crippen LogP contribution is 2.29. The third-order valence-corrected chi connectivity index (χ3v) is 2.94. The summed E-state index contributed by atoms with van der Waals surface area (Å²) < 4.78 is 0. The number of carboxylic acids is 1. The van der Waals surface area contributed by atoms with Crippen LogP contribution in [0.15, 0.2) is 0 Å². The lowest BCUT2D eigenvalue weighted by molar-refractivity contribution is -0.148. The summed E-state index contributed by atoms with van der Waals surface area (Å²) in [6.45, 7) is 0. The van der Waals surface area contributed by atoms with Crippen molar-refractivity contribution in [2.45, 2.75) is 38.5 Å². The molecule has 1 saturated carbocycles. The minimum absolute atomic E-state index is 0.0486. The van der Waals surface area contributed by atoms with Gasteiger partial charge in [-0.05, 0) is 18.8 Å². The Morgan fingerprint density at radius 1 is 1.14 bits per heavy atom. The van der Waals surface area contributed by atoms with Crippen LogP contribution < -0.4 is 5.73 Å². The second-order valence-corrected chi connectivity index (χ2v) is 3.97. The van der Waals surface area contributed by atoms with E-state index < -0.39 is 17.8 Å². The number of aliphatic carboxylic acids is 1. The molecule has 1 aliphatic rings. The summed E-state index contributed by atoms with van der Waals surface area (Å²) in [6.07, 6.45) is 5.95. The van der Waals surface area contributed by atoms with Crippen molar-refractivity contribution in [1.82, 2.24) is 0 Å². The number of primary amides is 1. The van der Waals surface area contributed by atoms with Gasteiger partial charge in [0.05, 0.1) is 0 Å². The molecule has 0 heterocycles. The molecular weight excluding hydrogens is 182 g/mol. The van der Waals surface area contributed by atoms with Gasteiger partial charge in [-0.2, -0.15) is 0 Å². The number of carboxylic acid groups (broad SMARTS) is 1. The van der Waals surface area contributed by atoms with Gasteiger partial charge in [0, 0.05) is 0 Å². The summed E-state index contributed by atoms with van der Waals surface area (Å²) in [6, 6.07) is 0. The zero-order valence-corrected chi connectivity index (χ0v) is 8.24. The van der Waals surface area contributed by atoms with E-state index in [1.54, 1.807) is 0 Å². The van der Waals surface area contributed by atoms with Gasteiger partial charge in [-0.1, -0.05) is 25.7 Å². The molecule has 4 nitrogen and oxygen atoms in total. The first-order valence-corrected chi connectivity index (χ1v) is 5.15. The van der Waals surface area contributed by atoms with Crippen LogP contribution >= 0.6 is 0 Å². The molecule has 0 aromatic carbocycles. The van der Waals surface area contributed by atoms with Gasteiger partial charge in [0.25, 0.3) is 0 Å². The molecular formula is C10H17NO3. The maximum Gasteiger partial charge on any atom is 0.316 e. The Bertz CT molecular complexity index is 205. The Labute approximate surface area is 83.5 Å². The van der Waals surface area contributed by atoms with Crippen LogP contribution in [-0.4, -0.2) is 17.0 Å². The van der Waals surface area contributed by atoms with Crippen molar-refractivity contribution in [2.75, 3.05) is 0 Å². The number of nitrogens with two attached hydrogens (primary N) is 1. The fraction of sp³-hybridized carbons (Fsp3) is 0.800. The highest BCUT2D eigenvalue weighted by Gasteiger charge is 2.33. The van der Waals surface area contributed by atoms with Crippen molar-refractivity contribution in [3.05, 3.63) is 0 Å². The zero-order chi connectivity index (χ0) is 10.6. The van der Waals surface area contributed by atoms with Gasteiger partial charge in [0.15, 0.2) is 0 Å². The van der Waals surface area contributed by atoms with E-state index >= 15 is 0 Å². The number of carbonyl (C=O) groups excluding carboxylic acids is 1. The third kappa shape index (κ3) is 2.72. The predicted molar refractivity (Wildman–Crippen MR) is 51.5 cm³/mol. The Kier molecular flexibility index (Phi) is 3.92. The van der Waals surface area contributed by atoms with E-state index in [-0.39, 0.29) is 5.92 Å². The first-order chi connectivity index (χ1) is 6.63. The lowest BCUT2D eigenvalue weighted by Gasteiger charge is -2.19. The summed E-state index contributed by atoms with van der Waals surface area (Å²) >= 11 is 0. The Morgan fingerprint density at radius 3 is 2.00 bits per heavy atom. The minimum atomic E-state index is -1.07. The molecule has 0 saturated heterocycles. The topological polar surface area (TPSA) is 80.4 Å².